The molecule has 122 valence electrons. The number of allylic oxidation sites excluding steroid dienone is 2. The number of rotatable bonds is 3. The summed E-state index contributed by atoms with van der Waals surface area (Å²) >= 11 is 0. The SMILES string of the molecule is Cc1ccc(S(=O)(=O)n2ccc3c(C4=CCCC4)ncnc32)cc1. The van der Waals surface area contributed by atoms with E-state index in [9.17, 15) is 8.42 Å². The molecule has 6 heteroatoms. The van der Waals surface area contributed by atoms with E-state index in [1.165, 1.54) is 15.9 Å². The highest BCUT2D eigenvalue weighted by molar-refractivity contribution is 7.90. The van der Waals surface area contributed by atoms with Gasteiger partial charge in [-0.1, -0.05) is 23.8 Å². The lowest BCUT2D eigenvalue weighted by molar-refractivity contribution is 0.588. The monoisotopic (exact) mass is 339 g/mol. The van der Waals surface area contributed by atoms with Crippen LogP contribution in [0, 0.1) is 6.92 Å². The molecule has 0 spiro atoms. The minimum absolute atomic E-state index is 0.255. The second-order valence-corrected chi connectivity index (χ2v) is 7.83. The van der Waals surface area contributed by atoms with Crippen LogP contribution in [0.3, 0.4) is 0 Å². The molecule has 1 aliphatic carbocycles. The second-order valence-electron chi connectivity index (χ2n) is 6.01. The molecule has 2 heterocycles. The molecule has 0 bridgehead atoms. The van der Waals surface area contributed by atoms with E-state index in [-0.39, 0.29) is 4.90 Å². The Kier molecular flexibility index (Phi) is 3.49. The van der Waals surface area contributed by atoms with E-state index < -0.39 is 10.0 Å². The highest BCUT2D eigenvalue weighted by Crippen LogP contribution is 2.31. The van der Waals surface area contributed by atoms with Gasteiger partial charge in [-0.2, -0.15) is 0 Å². The summed E-state index contributed by atoms with van der Waals surface area (Å²) in [7, 11) is -3.67. The average Bonchev–Trinajstić information content (AvgIpc) is 3.25. The third-order valence-electron chi connectivity index (χ3n) is 4.37. The predicted octanol–water partition coefficient (Wildman–Crippen LogP) is 3.54. The molecular weight excluding hydrogens is 322 g/mol. The van der Waals surface area contributed by atoms with Crippen LogP contribution < -0.4 is 0 Å². The number of hydrogen-bond acceptors (Lipinski definition) is 4. The van der Waals surface area contributed by atoms with Gasteiger partial charge in [-0.05, 0) is 50.0 Å². The molecule has 0 atom stereocenters. The first-order valence-electron chi connectivity index (χ1n) is 7.91. The van der Waals surface area contributed by atoms with E-state index in [0.717, 1.165) is 35.9 Å². The van der Waals surface area contributed by atoms with Crippen LogP contribution in [-0.2, 0) is 10.0 Å². The molecule has 0 amide bonds. The minimum atomic E-state index is -3.67. The molecule has 0 saturated carbocycles. The molecule has 0 unspecified atom stereocenters. The smallest absolute Gasteiger partial charge is 0.236 e. The van der Waals surface area contributed by atoms with Gasteiger partial charge in [0.1, 0.15) is 6.33 Å². The summed E-state index contributed by atoms with van der Waals surface area (Å²) in [5.74, 6) is 0. The van der Waals surface area contributed by atoms with Gasteiger partial charge in [-0.15, -0.1) is 0 Å². The lowest BCUT2D eigenvalue weighted by Crippen LogP contribution is -2.12. The van der Waals surface area contributed by atoms with Crippen molar-refractivity contribution < 1.29 is 8.42 Å². The summed E-state index contributed by atoms with van der Waals surface area (Å²) in [6, 6.07) is 8.62. The van der Waals surface area contributed by atoms with Gasteiger partial charge in [0.15, 0.2) is 5.65 Å². The van der Waals surface area contributed by atoms with E-state index in [1.54, 1.807) is 36.5 Å². The Morgan fingerprint density at radius 2 is 1.88 bits per heavy atom. The van der Waals surface area contributed by atoms with Gasteiger partial charge in [0, 0.05) is 11.6 Å². The van der Waals surface area contributed by atoms with E-state index in [0.29, 0.717) is 5.65 Å². The van der Waals surface area contributed by atoms with Crippen molar-refractivity contribution in [2.24, 2.45) is 0 Å². The molecule has 24 heavy (non-hydrogen) atoms. The summed E-state index contributed by atoms with van der Waals surface area (Å²) in [6.45, 7) is 1.93. The molecular formula is C18H17N3O2S. The van der Waals surface area contributed by atoms with Crippen molar-refractivity contribution in [1.29, 1.82) is 0 Å². The van der Waals surface area contributed by atoms with Crippen LogP contribution in [0.4, 0.5) is 0 Å². The Morgan fingerprint density at radius 3 is 2.58 bits per heavy atom. The van der Waals surface area contributed by atoms with E-state index in [4.69, 9.17) is 0 Å². The number of benzene rings is 1. The lowest BCUT2D eigenvalue weighted by atomic mass is 10.1. The molecule has 0 aliphatic heterocycles. The quantitative estimate of drug-likeness (QED) is 0.732. The third-order valence-corrected chi connectivity index (χ3v) is 6.05. The van der Waals surface area contributed by atoms with Crippen LogP contribution in [0.5, 0.6) is 0 Å². The summed E-state index contributed by atoms with van der Waals surface area (Å²) in [6.07, 6.45) is 8.31. The van der Waals surface area contributed by atoms with E-state index >= 15 is 0 Å². The van der Waals surface area contributed by atoms with Gasteiger partial charge < -0.3 is 0 Å². The first kappa shape index (κ1) is 15.1. The number of nitrogens with zero attached hydrogens (tertiary/aromatic N) is 3. The van der Waals surface area contributed by atoms with Crippen LogP contribution >= 0.6 is 0 Å². The summed E-state index contributed by atoms with van der Waals surface area (Å²) in [4.78, 5) is 8.86. The summed E-state index contributed by atoms with van der Waals surface area (Å²) < 4.78 is 27.1. The highest BCUT2D eigenvalue weighted by Gasteiger charge is 2.22. The molecule has 0 fully saturated rings. The van der Waals surface area contributed by atoms with Crippen LogP contribution in [0.1, 0.15) is 30.5 Å². The van der Waals surface area contributed by atoms with Gasteiger partial charge in [0.05, 0.1) is 10.6 Å². The fraction of sp³-hybridized carbons (Fsp3) is 0.222. The number of aryl methyl sites for hydroxylation is 1. The molecule has 4 rings (SSSR count). The number of hydrogen-bond donors (Lipinski definition) is 0. The molecule has 0 N–H and O–H groups in total. The largest absolute Gasteiger partial charge is 0.269 e. The third kappa shape index (κ3) is 2.34. The Hall–Kier alpha value is -2.47. The average molecular weight is 339 g/mol. The van der Waals surface area contributed by atoms with Crippen molar-refractivity contribution >= 4 is 26.6 Å². The van der Waals surface area contributed by atoms with Crippen molar-refractivity contribution in [3.05, 3.63) is 60.2 Å². The van der Waals surface area contributed by atoms with E-state index in [2.05, 4.69) is 16.0 Å². The maximum Gasteiger partial charge on any atom is 0.269 e. The Morgan fingerprint density at radius 1 is 1.08 bits per heavy atom. The molecule has 2 aromatic heterocycles. The maximum atomic E-state index is 12.9. The Balaban J connectivity index is 1.89. The predicted molar refractivity (Wildman–Crippen MR) is 93.1 cm³/mol. The van der Waals surface area contributed by atoms with Crippen molar-refractivity contribution in [3.63, 3.8) is 0 Å². The molecule has 5 nitrogen and oxygen atoms in total. The first-order chi connectivity index (χ1) is 11.6. The van der Waals surface area contributed by atoms with Crippen LogP contribution in [0.15, 0.2) is 53.8 Å². The van der Waals surface area contributed by atoms with E-state index in [1.807, 2.05) is 6.92 Å². The van der Waals surface area contributed by atoms with Crippen molar-refractivity contribution in [3.8, 4) is 0 Å². The molecule has 1 aromatic carbocycles. The molecule has 0 radical (unpaired) electrons. The van der Waals surface area contributed by atoms with Crippen molar-refractivity contribution in [2.45, 2.75) is 31.1 Å². The fourth-order valence-corrected chi connectivity index (χ4v) is 4.39. The molecule has 3 aromatic rings. The Labute approximate surface area is 140 Å². The Bertz CT molecular complexity index is 1050. The molecule has 0 saturated heterocycles. The fourth-order valence-electron chi connectivity index (χ4n) is 3.09. The minimum Gasteiger partial charge on any atom is -0.236 e. The second kappa shape index (κ2) is 5.56. The van der Waals surface area contributed by atoms with Gasteiger partial charge in [-0.3, -0.25) is 0 Å². The zero-order valence-corrected chi connectivity index (χ0v) is 14.1. The first-order valence-corrected chi connectivity index (χ1v) is 9.35. The van der Waals surface area contributed by atoms with Gasteiger partial charge in [0.2, 0.25) is 0 Å². The lowest BCUT2D eigenvalue weighted by Gasteiger charge is -2.08. The van der Waals surface area contributed by atoms with Crippen LogP contribution in [-0.4, -0.2) is 22.4 Å². The van der Waals surface area contributed by atoms with Crippen LogP contribution in [0.2, 0.25) is 0 Å². The standard InChI is InChI=1S/C18H17N3O2S/c1-13-6-8-15(9-7-13)24(22,23)21-11-10-16-17(14-4-2-3-5-14)19-12-20-18(16)21/h4,6-12H,2-3,5H2,1H3. The van der Waals surface area contributed by atoms with Gasteiger partial charge >= 0.3 is 0 Å². The summed E-state index contributed by atoms with van der Waals surface area (Å²) in [5, 5.41) is 0.779. The zero-order chi connectivity index (χ0) is 16.7. The van der Waals surface area contributed by atoms with Crippen LogP contribution in [0.25, 0.3) is 16.6 Å². The van der Waals surface area contributed by atoms with Gasteiger partial charge in [-0.25, -0.2) is 22.4 Å². The normalized spacial score (nSPS) is 15.0. The topological polar surface area (TPSA) is 64.8 Å². The highest BCUT2D eigenvalue weighted by atomic mass is 32.2. The zero-order valence-electron chi connectivity index (χ0n) is 13.3. The van der Waals surface area contributed by atoms with Crippen molar-refractivity contribution in [1.82, 2.24) is 13.9 Å². The number of fused-ring (bicyclic) bond motifs is 1. The van der Waals surface area contributed by atoms with Gasteiger partial charge in [0.25, 0.3) is 10.0 Å². The molecule has 1 aliphatic rings. The van der Waals surface area contributed by atoms with Crippen molar-refractivity contribution in [2.75, 3.05) is 0 Å². The number of aromatic nitrogens is 3. The maximum absolute atomic E-state index is 12.9. The summed E-state index contributed by atoms with van der Waals surface area (Å²) in [5.41, 5.74) is 3.46.